The predicted octanol–water partition coefficient (Wildman–Crippen LogP) is 9.99. The van der Waals surface area contributed by atoms with Gasteiger partial charge in [-0.1, -0.05) is 70.4 Å². The summed E-state index contributed by atoms with van der Waals surface area (Å²) in [4.78, 5) is 19.7. The van der Waals surface area contributed by atoms with Crippen LogP contribution in [0.15, 0.2) is 69.2 Å². The van der Waals surface area contributed by atoms with Crippen molar-refractivity contribution in [2.45, 2.75) is 92.1 Å². The molecule has 4 aromatic rings. The summed E-state index contributed by atoms with van der Waals surface area (Å²) in [5, 5.41) is 12.1. The summed E-state index contributed by atoms with van der Waals surface area (Å²) >= 11 is 6.03. The number of anilines is 1. The van der Waals surface area contributed by atoms with Crippen LogP contribution in [0.3, 0.4) is 0 Å². The van der Waals surface area contributed by atoms with E-state index in [-0.39, 0.29) is 22.8 Å². The summed E-state index contributed by atoms with van der Waals surface area (Å²) in [7, 11) is 0. The highest BCUT2D eigenvalue weighted by Gasteiger charge is 2.28. The number of amides is 1. The Morgan fingerprint density at radius 2 is 1.74 bits per heavy atom. The molecule has 3 aromatic carbocycles. The Bertz CT molecular complexity index is 1690. The Morgan fingerprint density at radius 3 is 2.41 bits per heavy atom. The van der Waals surface area contributed by atoms with Crippen LogP contribution in [0.5, 0.6) is 5.75 Å². The normalized spacial score (nSPS) is 12.9. The first-order chi connectivity index (χ1) is 21.8. The standard InChI is InChI=1S/C37H48ClN5O3/c1-10-36(6,7)26-13-18-32(29(22-26)37(8,9)11-2)45-25(5)34(44)39-19-20-43(12-3)31-17-15-28(21-24(31)4)41-42-35-40-30-16-14-27(38)23-33(30)46-35/h13-18,21-23,25H,10-12,19-20H2,1-9H3,(H,39,44). The van der Waals surface area contributed by atoms with Gasteiger partial charge in [-0.2, -0.15) is 4.98 Å². The highest BCUT2D eigenvalue weighted by atomic mass is 35.5. The second kappa shape index (κ2) is 14.7. The molecule has 0 spiro atoms. The van der Waals surface area contributed by atoms with Crippen molar-refractivity contribution in [1.29, 1.82) is 0 Å². The number of carbonyl (C=O) groups excluding carboxylic acids is 1. The number of hydrogen-bond donors (Lipinski definition) is 1. The molecule has 1 amide bonds. The van der Waals surface area contributed by atoms with Gasteiger partial charge in [-0.3, -0.25) is 4.79 Å². The van der Waals surface area contributed by atoms with Crippen LogP contribution in [0.2, 0.25) is 5.02 Å². The molecule has 0 radical (unpaired) electrons. The van der Waals surface area contributed by atoms with E-state index in [1.165, 1.54) is 5.56 Å². The minimum absolute atomic E-state index is 0.0661. The first kappa shape index (κ1) is 35.0. The van der Waals surface area contributed by atoms with E-state index in [0.29, 0.717) is 34.9 Å². The van der Waals surface area contributed by atoms with Crippen molar-refractivity contribution in [2.75, 3.05) is 24.5 Å². The zero-order chi connectivity index (χ0) is 33.6. The number of benzene rings is 3. The fourth-order valence-electron chi connectivity index (χ4n) is 5.21. The van der Waals surface area contributed by atoms with Crippen molar-refractivity contribution in [3.8, 4) is 5.75 Å². The van der Waals surface area contributed by atoms with Crippen molar-refractivity contribution >= 4 is 46.0 Å². The molecule has 4 rings (SSSR count). The molecule has 0 aliphatic heterocycles. The maximum atomic E-state index is 13.1. The van der Waals surface area contributed by atoms with Crippen LogP contribution in [0.25, 0.3) is 11.1 Å². The van der Waals surface area contributed by atoms with E-state index in [2.05, 4.69) is 86.0 Å². The monoisotopic (exact) mass is 645 g/mol. The Hall–Kier alpha value is -3.91. The average molecular weight is 646 g/mol. The highest BCUT2D eigenvalue weighted by molar-refractivity contribution is 6.31. The lowest BCUT2D eigenvalue weighted by Gasteiger charge is -2.31. The van der Waals surface area contributed by atoms with Crippen LogP contribution in [0, 0.1) is 6.92 Å². The molecule has 0 bridgehead atoms. The summed E-state index contributed by atoms with van der Waals surface area (Å²) < 4.78 is 11.9. The van der Waals surface area contributed by atoms with Gasteiger partial charge in [0.05, 0.1) is 5.69 Å². The number of fused-ring (bicyclic) bond motifs is 1. The topological polar surface area (TPSA) is 92.3 Å². The van der Waals surface area contributed by atoms with Crippen LogP contribution < -0.4 is 15.0 Å². The van der Waals surface area contributed by atoms with Gasteiger partial charge in [-0.15, -0.1) is 5.11 Å². The second-order valence-electron chi connectivity index (χ2n) is 13.1. The number of nitrogens with one attached hydrogen (secondary N) is 1. The summed E-state index contributed by atoms with van der Waals surface area (Å²) in [6.45, 7) is 21.3. The van der Waals surface area contributed by atoms with Crippen LogP contribution in [-0.4, -0.2) is 36.6 Å². The molecule has 1 N–H and O–H groups in total. The molecule has 0 aliphatic rings. The number of halogens is 1. The largest absolute Gasteiger partial charge is 0.481 e. The van der Waals surface area contributed by atoms with Gasteiger partial charge >= 0.3 is 6.01 Å². The molecule has 1 aromatic heterocycles. The first-order valence-corrected chi connectivity index (χ1v) is 16.6. The smallest absolute Gasteiger partial charge is 0.341 e. The zero-order valence-electron chi connectivity index (χ0n) is 28.7. The van der Waals surface area contributed by atoms with E-state index in [4.69, 9.17) is 20.8 Å². The number of ether oxygens (including phenoxy) is 1. The fraction of sp³-hybridized carbons (Fsp3) is 0.459. The van der Waals surface area contributed by atoms with Gasteiger partial charge in [-0.25, -0.2) is 0 Å². The van der Waals surface area contributed by atoms with Gasteiger partial charge in [0.15, 0.2) is 11.7 Å². The number of likely N-dealkylation sites (N-methyl/N-ethyl adjacent to an activating group) is 1. The van der Waals surface area contributed by atoms with Crippen LogP contribution in [-0.2, 0) is 15.6 Å². The van der Waals surface area contributed by atoms with Gasteiger partial charge in [0.1, 0.15) is 11.3 Å². The number of oxazole rings is 1. The van der Waals surface area contributed by atoms with E-state index < -0.39 is 6.10 Å². The Labute approximate surface area is 278 Å². The van der Waals surface area contributed by atoms with Crippen molar-refractivity contribution < 1.29 is 13.9 Å². The third kappa shape index (κ3) is 8.27. The predicted molar refractivity (Wildman–Crippen MR) is 188 cm³/mol. The van der Waals surface area contributed by atoms with Crippen LogP contribution >= 0.6 is 11.6 Å². The van der Waals surface area contributed by atoms with Crippen molar-refractivity contribution in [2.24, 2.45) is 10.2 Å². The zero-order valence-corrected chi connectivity index (χ0v) is 29.5. The number of carbonyl (C=O) groups is 1. The highest BCUT2D eigenvalue weighted by Crippen LogP contribution is 2.39. The molecule has 1 unspecified atom stereocenters. The van der Waals surface area contributed by atoms with E-state index in [1.807, 2.05) is 38.1 Å². The fourth-order valence-corrected chi connectivity index (χ4v) is 5.38. The number of aryl methyl sites for hydroxylation is 1. The Morgan fingerprint density at radius 1 is 1.00 bits per heavy atom. The number of nitrogens with zero attached hydrogens (tertiary/aromatic N) is 4. The molecule has 0 saturated carbocycles. The molecule has 1 atom stereocenters. The van der Waals surface area contributed by atoms with E-state index in [1.54, 1.807) is 18.2 Å². The van der Waals surface area contributed by atoms with Crippen molar-refractivity contribution in [1.82, 2.24) is 10.3 Å². The van der Waals surface area contributed by atoms with Crippen LogP contribution in [0.1, 0.15) is 84.9 Å². The molecule has 1 heterocycles. The van der Waals surface area contributed by atoms with Gasteiger partial charge in [0, 0.05) is 42.0 Å². The first-order valence-electron chi connectivity index (χ1n) is 16.2. The molecule has 0 aliphatic carbocycles. The molecule has 0 fully saturated rings. The Kier molecular flexibility index (Phi) is 11.1. The summed E-state index contributed by atoms with van der Waals surface area (Å²) in [5.74, 6) is 0.636. The van der Waals surface area contributed by atoms with Crippen molar-refractivity contribution in [3.05, 3.63) is 76.3 Å². The minimum Gasteiger partial charge on any atom is -0.481 e. The maximum Gasteiger partial charge on any atom is 0.341 e. The Balaban J connectivity index is 1.37. The molecule has 0 saturated heterocycles. The van der Waals surface area contributed by atoms with E-state index >= 15 is 0 Å². The minimum atomic E-state index is -0.629. The van der Waals surface area contributed by atoms with Gasteiger partial charge in [0.2, 0.25) is 0 Å². The molecular formula is C37H48ClN5O3. The van der Waals surface area contributed by atoms with Gasteiger partial charge in [0.25, 0.3) is 5.91 Å². The second-order valence-corrected chi connectivity index (χ2v) is 13.5. The molecule has 46 heavy (non-hydrogen) atoms. The SMILES string of the molecule is CCN(CCNC(=O)C(C)Oc1ccc(C(C)(C)CC)cc1C(C)(C)CC)c1ccc(N=Nc2nc3ccc(Cl)cc3o2)cc1C. The number of rotatable bonds is 14. The lowest BCUT2D eigenvalue weighted by Crippen LogP contribution is -2.41. The maximum absolute atomic E-state index is 13.1. The molecule has 9 heteroatoms. The molecule has 8 nitrogen and oxygen atoms in total. The number of azo groups is 1. The molecular weight excluding hydrogens is 598 g/mol. The van der Waals surface area contributed by atoms with Gasteiger partial charge < -0.3 is 19.4 Å². The third-order valence-corrected chi connectivity index (χ3v) is 9.34. The third-order valence-electron chi connectivity index (χ3n) is 9.10. The summed E-state index contributed by atoms with van der Waals surface area (Å²) in [5.41, 5.74) is 6.46. The van der Waals surface area contributed by atoms with E-state index in [9.17, 15) is 4.79 Å². The average Bonchev–Trinajstić information content (AvgIpc) is 3.44. The van der Waals surface area contributed by atoms with Crippen molar-refractivity contribution in [3.63, 3.8) is 0 Å². The number of aromatic nitrogens is 1. The lowest BCUT2D eigenvalue weighted by molar-refractivity contribution is -0.127. The molecule has 246 valence electrons. The van der Waals surface area contributed by atoms with Crippen LogP contribution in [0.4, 0.5) is 17.4 Å². The number of hydrogen-bond acceptors (Lipinski definition) is 7. The summed E-state index contributed by atoms with van der Waals surface area (Å²) in [6, 6.07) is 17.8. The summed E-state index contributed by atoms with van der Waals surface area (Å²) in [6.07, 6.45) is 1.37. The van der Waals surface area contributed by atoms with E-state index in [0.717, 1.165) is 42.0 Å². The van der Waals surface area contributed by atoms with Gasteiger partial charge in [-0.05, 0) is 92.0 Å². The lowest BCUT2D eigenvalue weighted by atomic mass is 9.76. The quantitative estimate of drug-likeness (QED) is 0.138.